The van der Waals surface area contributed by atoms with Crippen LogP contribution in [-0.4, -0.2) is 30.1 Å². The zero-order valence-electron chi connectivity index (χ0n) is 16.0. The molecule has 144 valence electrons. The number of fused-ring (bicyclic) bond motifs is 1. The number of thiazole rings is 1. The van der Waals surface area contributed by atoms with Crippen LogP contribution in [0.5, 0.6) is 0 Å². The van der Waals surface area contributed by atoms with Crippen LogP contribution in [-0.2, 0) is 16.0 Å². The normalized spacial score (nSPS) is 16.8. The second-order valence-corrected chi connectivity index (χ2v) is 7.95. The molecule has 0 N–H and O–H groups in total. The molecule has 2 heterocycles. The van der Waals surface area contributed by atoms with Gasteiger partial charge in [-0.05, 0) is 42.5 Å². The van der Waals surface area contributed by atoms with Crippen molar-refractivity contribution < 1.29 is 9.53 Å². The van der Waals surface area contributed by atoms with Crippen LogP contribution in [0.15, 0.2) is 54.6 Å². The zero-order chi connectivity index (χ0) is 19.3. The summed E-state index contributed by atoms with van der Waals surface area (Å²) in [4.78, 5) is 19.7. The van der Waals surface area contributed by atoms with Crippen LogP contribution in [0, 0.1) is 0 Å². The van der Waals surface area contributed by atoms with E-state index in [0.717, 1.165) is 46.8 Å². The topological polar surface area (TPSA) is 42.4 Å². The molecule has 1 amide bonds. The van der Waals surface area contributed by atoms with E-state index in [1.54, 1.807) is 22.3 Å². The summed E-state index contributed by atoms with van der Waals surface area (Å²) in [6.07, 6.45) is 6.52. The number of amides is 1. The summed E-state index contributed by atoms with van der Waals surface area (Å²) in [7, 11) is 0. The van der Waals surface area contributed by atoms with E-state index in [-0.39, 0.29) is 12.0 Å². The Morgan fingerprint density at radius 1 is 1.25 bits per heavy atom. The summed E-state index contributed by atoms with van der Waals surface area (Å²) in [5.74, 6) is -0.0588. The Kier molecular flexibility index (Phi) is 5.84. The third-order valence-corrected chi connectivity index (χ3v) is 6.04. The monoisotopic (exact) mass is 392 g/mol. The van der Waals surface area contributed by atoms with Crippen LogP contribution in [0.25, 0.3) is 16.3 Å². The van der Waals surface area contributed by atoms with Crippen molar-refractivity contribution >= 4 is 38.7 Å². The van der Waals surface area contributed by atoms with Gasteiger partial charge in [0.15, 0.2) is 5.13 Å². The molecular weight excluding hydrogens is 368 g/mol. The third-order valence-electron chi connectivity index (χ3n) is 5.00. The van der Waals surface area contributed by atoms with Crippen molar-refractivity contribution in [1.82, 2.24) is 4.98 Å². The van der Waals surface area contributed by atoms with Gasteiger partial charge in [-0.2, -0.15) is 0 Å². The number of carbonyl (C=O) groups excluding carboxylic acids is 1. The van der Waals surface area contributed by atoms with Gasteiger partial charge in [0.2, 0.25) is 0 Å². The largest absolute Gasteiger partial charge is 0.376 e. The van der Waals surface area contributed by atoms with Crippen molar-refractivity contribution in [3.8, 4) is 0 Å². The van der Waals surface area contributed by atoms with Crippen molar-refractivity contribution in [3.63, 3.8) is 0 Å². The van der Waals surface area contributed by atoms with Crippen LogP contribution >= 0.6 is 11.3 Å². The number of anilines is 1. The third kappa shape index (κ3) is 4.16. The van der Waals surface area contributed by atoms with Crippen LogP contribution < -0.4 is 4.90 Å². The average molecular weight is 393 g/mol. The van der Waals surface area contributed by atoms with Crippen LogP contribution in [0.2, 0.25) is 0 Å². The van der Waals surface area contributed by atoms with E-state index in [1.807, 2.05) is 36.4 Å². The number of para-hydroxylation sites is 1. The lowest BCUT2D eigenvalue weighted by molar-refractivity contribution is -0.114. The summed E-state index contributed by atoms with van der Waals surface area (Å²) < 4.78 is 6.91. The molecule has 0 spiro atoms. The molecule has 0 aliphatic carbocycles. The van der Waals surface area contributed by atoms with E-state index in [2.05, 4.69) is 25.1 Å². The minimum Gasteiger partial charge on any atom is -0.376 e. The molecular formula is C23H24N2O2S. The van der Waals surface area contributed by atoms with Gasteiger partial charge in [-0.1, -0.05) is 60.7 Å². The van der Waals surface area contributed by atoms with Crippen LogP contribution in [0.1, 0.15) is 30.9 Å². The molecule has 1 aliphatic rings. The minimum atomic E-state index is -0.0588. The molecule has 1 fully saturated rings. The Morgan fingerprint density at radius 2 is 2.11 bits per heavy atom. The molecule has 4 nitrogen and oxygen atoms in total. The van der Waals surface area contributed by atoms with Crippen molar-refractivity contribution in [2.24, 2.45) is 0 Å². The van der Waals surface area contributed by atoms with E-state index in [9.17, 15) is 4.79 Å². The molecule has 2 aromatic carbocycles. The number of aryl methyl sites for hydroxylation is 1. The number of carbonyl (C=O) groups is 1. The second kappa shape index (κ2) is 8.67. The fourth-order valence-corrected chi connectivity index (χ4v) is 4.50. The molecule has 1 saturated heterocycles. The van der Waals surface area contributed by atoms with E-state index in [0.29, 0.717) is 6.54 Å². The highest BCUT2D eigenvalue weighted by Gasteiger charge is 2.25. The molecule has 1 unspecified atom stereocenters. The Morgan fingerprint density at radius 3 is 2.86 bits per heavy atom. The second-order valence-electron chi connectivity index (χ2n) is 6.94. The van der Waals surface area contributed by atoms with Gasteiger partial charge >= 0.3 is 0 Å². The Bertz CT molecular complexity index is 975. The lowest BCUT2D eigenvalue weighted by atomic mass is 10.1. The Hall–Kier alpha value is -2.50. The number of nitrogens with zero attached hydrogens (tertiary/aromatic N) is 2. The lowest BCUT2D eigenvalue weighted by Crippen LogP contribution is -2.36. The van der Waals surface area contributed by atoms with E-state index in [4.69, 9.17) is 9.72 Å². The van der Waals surface area contributed by atoms with E-state index >= 15 is 0 Å². The molecule has 5 heteroatoms. The molecule has 4 rings (SSSR count). The molecule has 0 bridgehead atoms. The highest BCUT2D eigenvalue weighted by atomic mass is 32.1. The fourth-order valence-electron chi connectivity index (χ4n) is 3.47. The SMILES string of the molecule is CCc1cccc2sc(N(CC3CCCO3)C(=O)/C=C/c3ccccc3)nc12. The summed E-state index contributed by atoms with van der Waals surface area (Å²) in [6.45, 7) is 3.44. The number of rotatable bonds is 6. The smallest absolute Gasteiger partial charge is 0.252 e. The summed E-state index contributed by atoms with van der Waals surface area (Å²) >= 11 is 1.57. The van der Waals surface area contributed by atoms with Crippen molar-refractivity contribution in [1.29, 1.82) is 0 Å². The maximum absolute atomic E-state index is 13.1. The number of ether oxygens (including phenoxy) is 1. The van der Waals surface area contributed by atoms with Gasteiger partial charge in [0, 0.05) is 12.7 Å². The van der Waals surface area contributed by atoms with Crippen LogP contribution in [0.4, 0.5) is 5.13 Å². The number of hydrogen-bond acceptors (Lipinski definition) is 4. The number of aromatic nitrogens is 1. The van der Waals surface area contributed by atoms with Gasteiger partial charge in [0.05, 0.1) is 22.9 Å². The first kappa shape index (κ1) is 18.8. The highest BCUT2D eigenvalue weighted by Crippen LogP contribution is 2.32. The summed E-state index contributed by atoms with van der Waals surface area (Å²) in [6, 6.07) is 16.1. The first-order valence-electron chi connectivity index (χ1n) is 9.79. The highest BCUT2D eigenvalue weighted by molar-refractivity contribution is 7.22. The van der Waals surface area contributed by atoms with Gasteiger partial charge < -0.3 is 4.74 Å². The van der Waals surface area contributed by atoms with Gasteiger partial charge in [-0.3, -0.25) is 9.69 Å². The van der Waals surface area contributed by atoms with Crippen LogP contribution in [0.3, 0.4) is 0 Å². The standard InChI is InChI=1S/C23H24N2O2S/c1-2-18-10-6-12-20-22(18)24-23(28-20)25(16-19-11-7-15-27-19)21(26)14-13-17-8-4-3-5-9-17/h3-6,8-10,12-14,19H,2,7,11,15-16H2,1H3/b14-13+. The zero-order valence-corrected chi connectivity index (χ0v) is 16.8. The quantitative estimate of drug-likeness (QED) is 0.549. The maximum atomic E-state index is 13.1. The summed E-state index contributed by atoms with van der Waals surface area (Å²) in [5, 5.41) is 0.745. The van der Waals surface area contributed by atoms with E-state index < -0.39 is 0 Å². The molecule has 3 aromatic rings. The molecule has 1 aromatic heterocycles. The van der Waals surface area contributed by atoms with Gasteiger partial charge in [-0.25, -0.2) is 4.98 Å². The maximum Gasteiger partial charge on any atom is 0.252 e. The first-order valence-corrected chi connectivity index (χ1v) is 10.6. The van der Waals surface area contributed by atoms with Crippen molar-refractivity contribution in [3.05, 3.63) is 65.7 Å². The molecule has 1 aliphatic heterocycles. The summed E-state index contributed by atoms with van der Waals surface area (Å²) in [5.41, 5.74) is 3.22. The molecule has 1 atom stereocenters. The molecule has 0 radical (unpaired) electrons. The van der Waals surface area contributed by atoms with Gasteiger partial charge in [0.1, 0.15) is 0 Å². The lowest BCUT2D eigenvalue weighted by Gasteiger charge is -2.21. The Balaban J connectivity index is 1.65. The van der Waals surface area contributed by atoms with Gasteiger partial charge in [-0.15, -0.1) is 0 Å². The average Bonchev–Trinajstić information content (AvgIpc) is 3.40. The van der Waals surface area contributed by atoms with E-state index in [1.165, 1.54) is 5.56 Å². The molecule has 28 heavy (non-hydrogen) atoms. The fraction of sp³-hybridized carbons (Fsp3) is 0.304. The van der Waals surface area contributed by atoms with Crippen molar-refractivity contribution in [2.45, 2.75) is 32.3 Å². The number of benzene rings is 2. The molecule has 0 saturated carbocycles. The van der Waals surface area contributed by atoms with Crippen molar-refractivity contribution in [2.75, 3.05) is 18.1 Å². The first-order chi connectivity index (χ1) is 13.7. The Labute approximate surface area is 169 Å². The number of hydrogen-bond donors (Lipinski definition) is 0. The minimum absolute atomic E-state index is 0.0588. The predicted molar refractivity (Wildman–Crippen MR) is 116 cm³/mol. The predicted octanol–water partition coefficient (Wildman–Crippen LogP) is 5.08. The van der Waals surface area contributed by atoms with Gasteiger partial charge in [0.25, 0.3) is 5.91 Å².